The summed E-state index contributed by atoms with van der Waals surface area (Å²) in [5.74, 6) is -0.0898. The second kappa shape index (κ2) is 10.4. The number of pyridine rings is 1. The first kappa shape index (κ1) is 25.7. The van der Waals surface area contributed by atoms with Crippen molar-refractivity contribution in [1.29, 1.82) is 0 Å². The van der Waals surface area contributed by atoms with E-state index >= 15 is 0 Å². The van der Waals surface area contributed by atoms with Gasteiger partial charge in [0.2, 0.25) is 5.88 Å². The van der Waals surface area contributed by atoms with E-state index in [2.05, 4.69) is 26.0 Å². The van der Waals surface area contributed by atoms with Crippen molar-refractivity contribution in [2.24, 2.45) is 0 Å². The Morgan fingerprint density at radius 2 is 2.05 bits per heavy atom. The lowest BCUT2D eigenvalue weighted by molar-refractivity contribution is 0.0932. The second-order valence-electron chi connectivity index (χ2n) is 9.15. The molecule has 0 saturated heterocycles. The number of urea groups is 1. The van der Waals surface area contributed by atoms with E-state index in [-0.39, 0.29) is 42.0 Å². The minimum Gasteiger partial charge on any atom is -0.473 e. The Morgan fingerprint density at radius 1 is 1.28 bits per heavy atom. The average Bonchev–Trinajstić information content (AvgIpc) is 3.36. The van der Waals surface area contributed by atoms with Crippen molar-refractivity contribution >= 4 is 34.9 Å². The molecule has 5 N–H and O–H groups in total. The van der Waals surface area contributed by atoms with Gasteiger partial charge in [0, 0.05) is 31.4 Å². The number of hydrogen-bond donors (Lipinski definition) is 4. The van der Waals surface area contributed by atoms with Crippen molar-refractivity contribution in [2.75, 3.05) is 36.5 Å². The minimum absolute atomic E-state index is 0.116. The van der Waals surface area contributed by atoms with Gasteiger partial charge in [0.15, 0.2) is 5.65 Å². The maximum absolute atomic E-state index is 14.1. The van der Waals surface area contributed by atoms with Crippen LogP contribution in [0.3, 0.4) is 0 Å². The maximum Gasteiger partial charge on any atom is 0.321 e. The number of benzene rings is 1. The zero-order valence-electron chi connectivity index (χ0n) is 21.7. The fourth-order valence-electron chi connectivity index (χ4n) is 4.11. The average molecular weight is 534 g/mol. The summed E-state index contributed by atoms with van der Waals surface area (Å²) < 4.78 is 21.4. The maximum atomic E-state index is 14.1. The summed E-state index contributed by atoms with van der Waals surface area (Å²) >= 11 is 0. The number of anilines is 3. The lowest BCUT2D eigenvalue weighted by atomic mass is 10.1. The molecule has 0 aliphatic carbocycles. The first-order valence-corrected chi connectivity index (χ1v) is 12.4. The Labute approximate surface area is 223 Å². The Balaban J connectivity index is 1.59. The molecule has 4 aromatic rings. The summed E-state index contributed by atoms with van der Waals surface area (Å²) in [6.45, 7) is 4.52. The fraction of sp³-hybridized carbons (Fsp3) is 0.269. The van der Waals surface area contributed by atoms with Crippen LogP contribution in [-0.4, -0.2) is 62.7 Å². The molecule has 1 aliphatic rings. The molecule has 5 rings (SSSR count). The Morgan fingerprint density at radius 3 is 2.79 bits per heavy atom. The van der Waals surface area contributed by atoms with Gasteiger partial charge in [-0.05, 0) is 37.6 Å². The summed E-state index contributed by atoms with van der Waals surface area (Å²) in [6, 6.07) is 8.17. The normalized spacial score (nSPS) is 15.2. The van der Waals surface area contributed by atoms with Crippen LogP contribution in [0.5, 0.6) is 5.88 Å². The molecule has 1 aromatic carbocycles. The first-order valence-electron chi connectivity index (χ1n) is 12.4. The number of nitrogen functional groups attached to an aromatic ring is 1. The number of amides is 3. The highest BCUT2D eigenvalue weighted by atomic mass is 19.1. The summed E-state index contributed by atoms with van der Waals surface area (Å²) in [4.78, 5) is 35.6. The van der Waals surface area contributed by atoms with Gasteiger partial charge in [-0.25, -0.2) is 19.2 Å². The molecule has 4 heterocycles. The number of carbonyl (C=O) groups excluding carboxylic acids is 2. The molecule has 0 saturated carbocycles. The van der Waals surface area contributed by atoms with Crippen LogP contribution in [0.4, 0.5) is 26.5 Å². The number of hydrogen-bond acceptors (Lipinski definition) is 8. The summed E-state index contributed by atoms with van der Waals surface area (Å²) in [5.41, 5.74) is 9.34. The number of fused-ring (bicyclic) bond motifs is 2. The van der Waals surface area contributed by atoms with Crippen LogP contribution in [0.1, 0.15) is 29.8 Å². The number of halogens is 1. The zero-order chi connectivity index (χ0) is 27.7. The first-order chi connectivity index (χ1) is 18.7. The summed E-state index contributed by atoms with van der Waals surface area (Å²) in [6.07, 6.45) is 2.04. The van der Waals surface area contributed by atoms with Gasteiger partial charge in [-0.2, -0.15) is 9.61 Å². The van der Waals surface area contributed by atoms with Gasteiger partial charge in [0.05, 0.1) is 24.5 Å². The standard InChI is InChI=1S/C26H28FN9O3/c1-4-35(3)26(38)33-18-7-5-15(6-8-18)20-21(28)36-23-19(13-32-36)24(37)30-10-14(2)39-25-16(9-17(27)12-31-25)11-29-22(20)34-23/h5-9,12-14H,4,10-11,28H2,1-3H3,(H,29,34)(H,30,37)(H,33,38)/t14-/m0/s1. The van der Waals surface area contributed by atoms with Crippen molar-refractivity contribution < 1.29 is 18.7 Å². The quantitative estimate of drug-likeness (QED) is 0.314. The van der Waals surface area contributed by atoms with E-state index in [1.807, 2.05) is 6.92 Å². The predicted molar refractivity (Wildman–Crippen MR) is 144 cm³/mol. The number of ether oxygens (including phenoxy) is 1. The van der Waals surface area contributed by atoms with Crippen molar-refractivity contribution in [3.8, 4) is 17.0 Å². The zero-order valence-corrected chi connectivity index (χ0v) is 21.7. The molecule has 12 nitrogen and oxygen atoms in total. The molecule has 39 heavy (non-hydrogen) atoms. The fourth-order valence-corrected chi connectivity index (χ4v) is 4.11. The number of nitrogens with two attached hydrogens (primary N) is 1. The van der Waals surface area contributed by atoms with Crippen molar-refractivity contribution in [3.05, 3.63) is 59.7 Å². The Kier molecular flexibility index (Phi) is 6.88. The molecule has 3 amide bonds. The topological polar surface area (TPSA) is 152 Å². The lowest BCUT2D eigenvalue weighted by Gasteiger charge is -2.18. The van der Waals surface area contributed by atoms with Gasteiger partial charge in [0.1, 0.15) is 29.1 Å². The van der Waals surface area contributed by atoms with Gasteiger partial charge in [-0.15, -0.1) is 0 Å². The highest BCUT2D eigenvalue weighted by Crippen LogP contribution is 2.35. The number of nitrogens with one attached hydrogen (secondary N) is 3. The third-order valence-electron chi connectivity index (χ3n) is 6.37. The van der Waals surface area contributed by atoms with Crippen molar-refractivity contribution in [3.63, 3.8) is 0 Å². The highest BCUT2D eigenvalue weighted by Gasteiger charge is 2.23. The van der Waals surface area contributed by atoms with Crippen LogP contribution < -0.4 is 26.4 Å². The third kappa shape index (κ3) is 5.10. The number of rotatable bonds is 3. The van der Waals surface area contributed by atoms with Crippen molar-refractivity contribution in [1.82, 2.24) is 29.8 Å². The number of nitrogens with zero attached hydrogens (tertiary/aromatic N) is 5. The molecule has 3 aromatic heterocycles. The largest absolute Gasteiger partial charge is 0.473 e. The molecule has 0 radical (unpaired) electrons. The molecular weight excluding hydrogens is 505 g/mol. The van der Waals surface area contributed by atoms with Crippen LogP contribution in [0, 0.1) is 5.82 Å². The van der Waals surface area contributed by atoms with E-state index in [4.69, 9.17) is 15.5 Å². The smallest absolute Gasteiger partial charge is 0.321 e. The van der Waals surface area contributed by atoms with E-state index in [1.165, 1.54) is 16.8 Å². The SMILES string of the molecule is CCN(C)C(=O)Nc1ccc(-c2c3nc4c(cnn4c2N)C(=O)NC[C@H](C)Oc2ncc(F)cc2CN3)cc1. The molecule has 202 valence electrons. The second-order valence-corrected chi connectivity index (χ2v) is 9.15. The number of aromatic nitrogens is 4. The van der Waals surface area contributed by atoms with Gasteiger partial charge >= 0.3 is 6.03 Å². The van der Waals surface area contributed by atoms with Crippen LogP contribution in [0.2, 0.25) is 0 Å². The molecule has 0 unspecified atom stereocenters. The molecule has 1 atom stereocenters. The molecule has 0 spiro atoms. The monoisotopic (exact) mass is 533 g/mol. The van der Waals surface area contributed by atoms with E-state index in [0.717, 1.165) is 6.20 Å². The Bertz CT molecular complexity index is 1550. The van der Waals surface area contributed by atoms with E-state index in [9.17, 15) is 14.0 Å². The van der Waals surface area contributed by atoms with Gasteiger partial charge < -0.3 is 31.3 Å². The summed E-state index contributed by atoms with van der Waals surface area (Å²) in [5, 5.41) is 13.2. The van der Waals surface area contributed by atoms with Gasteiger partial charge in [-0.3, -0.25) is 4.79 Å². The molecular formula is C26H28FN9O3. The number of carbonyl (C=O) groups is 2. The van der Waals surface area contributed by atoms with Crippen LogP contribution in [0.25, 0.3) is 16.8 Å². The lowest BCUT2D eigenvalue weighted by Crippen LogP contribution is -2.33. The molecule has 2 bridgehead atoms. The van der Waals surface area contributed by atoms with Crippen LogP contribution in [0.15, 0.2) is 42.7 Å². The van der Waals surface area contributed by atoms with Crippen LogP contribution in [-0.2, 0) is 6.54 Å². The third-order valence-corrected chi connectivity index (χ3v) is 6.37. The molecule has 0 fully saturated rings. The predicted octanol–water partition coefficient (Wildman–Crippen LogP) is 3.12. The summed E-state index contributed by atoms with van der Waals surface area (Å²) in [7, 11) is 1.70. The van der Waals surface area contributed by atoms with E-state index in [0.29, 0.717) is 34.7 Å². The highest BCUT2D eigenvalue weighted by molar-refractivity contribution is 6.01. The Hall–Kier alpha value is -4.94. The van der Waals surface area contributed by atoms with Crippen molar-refractivity contribution in [2.45, 2.75) is 26.5 Å². The molecule has 1 aliphatic heterocycles. The minimum atomic E-state index is -0.517. The molecule has 13 heteroatoms. The van der Waals surface area contributed by atoms with Crippen LogP contribution >= 0.6 is 0 Å². The van der Waals surface area contributed by atoms with E-state index < -0.39 is 17.8 Å². The van der Waals surface area contributed by atoms with E-state index in [1.54, 1.807) is 43.1 Å². The van der Waals surface area contributed by atoms with Gasteiger partial charge in [-0.1, -0.05) is 12.1 Å². The van der Waals surface area contributed by atoms with Gasteiger partial charge in [0.25, 0.3) is 5.91 Å².